The highest BCUT2D eigenvalue weighted by Gasteiger charge is 2.28. The molecule has 124 valence electrons. The average Bonchev–Trinajstić information content (AvgIpc) is 2.20. The zero-order valence-electron chi connectivity index (χ0n) is 14.3. The van der Waals surface area contributed by atoms with Gasteiger partial charge in [0.25, 0.3) is 0 Å². The van der Waals surface area contributed by atoms with Gasteiger partial charge in [-0.05, 0) is 23.7 Å². The van der Waals surface area contributed by atoms with Gasteiger partial charge in [-0.15, -0.1) is 0 Å². The van der Waals surface area contributed by atoms with Gasteiger partial charge in [-0.25, -0.2) is 0 Å². The molecule has 0 rings (SSSR count). The van der Waals surface area contributed by atoms with Crippen molar-refractivity contribution >= 4 is 11.9 Å². The van der Waals surface area contributed by atoms with Crippen LogP contribution in [0.3, 0.4) is 0 Å². The summed E-state index contributed by atoms with van der Waals surface area (Å²) in [5.41, 5.74) is 5.67. The molecule has 1 amide bonds. The van der Waals surface area contributed by atoms with Crippen LogP contribution in [0.1, 0.15) is 60.8 Å². The molecule has 21 heavy (non-hydrogen) atoms. The van der Waals surface area contributed by atoms with Gasteiger partial charge in [0.15, 0.2) is 0 Å². The summed E-state index contributed by atoms with van der Waals surface area (Å²) in [4.78, 5) is 23.3. The molecule has 2 atom stereocenters. The van der Waals surface area contributed by atoms with Crippen LogP contribution in [0.4, 0.5) is 0 Å². The predicted molar refractivity (Wildman–Crippen MR) is 84.9 cm³/mol. The van der Waals surface area contributed by atoms with E-state index in [2.05, 4.69) is 26.1 Å². The van der Waals surface area contributed by atoms with Crippen molar-refractivity contribution in [1.82, 2.24) is 5.32 Å². The van der Waals surface area contributed by atoms with E-state index in [0.29, 0.717) is 12.8 Å². The first-order valence-corrected chi connectivity index (χ1v) is 7.56. The van der Waals surface area contributed by atoms with Crippen molar-refractivity contribution in [2.24, 2.45) is 22.5 Å². The van der Waals surface area contributed by atoms with Gasteiger partial charge < -0.3 is 16.2 Å². The molecule has 2 unspecified atom stereocenters. The van der Waals surface area contributed by atoms with Crippen LogP contribution >= 0.6 is 0 Å². The van der Waals surface area contributed by atoms with Gasteiger partial charge in [0.2, 0.25) is 5.91 Å². The number of carbonyl (C=O) groups is 2. The Morgan fingerprint density at radius 3 is 1.86 bits per heavy atom. The summed E-state index contributed by atoms with van der Waals surface area (Å²) < 4.78 is 0. The van der Waals surface area contributed by atoms with E-state index in [1.54, 1.807) is 0 Å². The zero-order chi connectivity index (χ0) is 16.8. The molecule has 0 radical (unpaired) electrons. The zero-order valence-corrected chi connectivity index (χ0v) is 14.3. The molecule has 0 aliphatic rings. The molecule has 0 spiro atoms. The summed E-state index contributed by atoms with van der Waals surface area (Å²) >= 11 is 0. The number of nitrogens with two attached hydrogens (primary N) is 1. The molecule has 0 aliphatic carbocycles. The molecule has 0 heterocycles. The van der Waals surface area contributed by atoms with E-state index >= 15 is 0 Å². The number of hydrogen-bond acceptors (Lipinski definition) is 3. The molecule has 0 fully saturated rings. The van der Waals surface area contributed by atoms with Crippen molar-refractivity contribution in [2.45, 2.75) is 66.8 Å². The van der Waals surface area contributed by atoms with Crippen molar-refractivity contribution in [3.05, 3.63) is 0 Å². The van der Waals surface area contributed by atoms with Crippen LogP contribution in [0.15, 0.2) is 0 Å². The molecule has 5 nitrogen and oxygen atoms in total. The predicted octanol–water partition coefficient (Wildman–Crippen LogP) is 2.39. The second-order valence-electron chi connectivity index (χ2n) is 8.27. The van der Waals surface area contributed by atoms with Crippen molar-refractivity contribution in [1.29, 1.82) is 0 Å². The highest BCUT2D eigenvalue weighted by atomic mass is 16.4. The van der Waals surface area contributed by atoms with E-state index in [4.69, 9.17) is 10.8 Å². The van der Waals surface area contributed by atoms with Gasteiger partial charge >= 0.3 is 5.97 Å². The third-order valence-electron chi connectivity index (χ3n) is 3.14. The van der Waals surface area contributed by atoms with Crippen LogP contribution in [0.5, 0.6) is 0 Å². The fraction of sp³-hybridized carbons (Fsp3) is 0.875. The molecule has 0 aromatic rings. The summed E-state index contributed by atoms with van der Waals surface area (Å²) in [6, 6.07) is -0.357. The summed E-state index contributed by atoms with van der Waals surface area (Å²) in [5, 5.41) is 11.9. The summed E-state index contributed by atoms with van der Waals surface area (Å²) in [5.74, 6) is -1.31. The Balaban J connectivity index is 4.80. The molecular formula is C16H32N2O3. The Bertz CT molecular complexity index is 354. The number of carboxylic acid groups (broad SMARTS) is 1. The van der Waals surface area contributed by atoms with E-state index in [9.17, 15) is 9.59 Å². The second-order valence-corrected chi connectivity index (χ2v) is 8.27. The van der Waals surface area contributed by atoms with Gasteiger partial charge in [-0.1, -0.05) is 41.5 Å². The summed E-state index contributed by atoms with van der Waals surface area (Å²) in [6.07, 6.45) is 1.25. The van der Waals surface area contributed by atoms with Crippen LogP contribution in [0.2, 0.25) is 0 Å². The lowest BCUT2D eigenvalue weighted by Gasteiger charge is -2.29. The number of nitrogens with one attached hydrogen (secondary N) is 1. The topological polar surface area (TPSA) is 92.4 Å². The van der Waals surface area contributed by atoms with E-state index in [0.717, 1.165) is 0 Å². The second kappa shape index (κ2) is 7.78. The molecular weight excluding hydrogens is 268 g/mol. The lowest BCUT2D eigenvalue weighted by molar-refractivity contribution is -0.138. The standard InChI is InChI=1S/C16H32N2O3/c1-15(2,3)8-11(10-17)14(21)18-12(7-13(19)20)9-16(4,5)6/h11-12H,7-10,17H2,1-6H3,(H,18,21)(H,19,20). The van der Waals surface area contributed by atoms with Crippen molar-refractivity contribution in [3.8, 4) is 0 Å². The third-order valence-corrected chi connectivity index (χ3v) is 3.14. The number of hydrogen-bond donors (Lipinski definition) is 3. The maximum atomic E-state index is 12.3. The van der Waals surface area contributed by atoms with Crippen LogP contribution in [0, 0.1) is 16.7 Å². The van der Waals surface area contributed by atoms with Crippen LogP contribution in [-0.2, 0) is 9.59 Å². The van der Waals surface area contributed by atoms with E-state index in [1.165, 1.54) is 0 Å². The van der Waals surface area contributed by atoms with E-state index in [1.807, 2.05) is 20.8 Å². The lowest BCUT2D eigenvalue weighted by Crippen LogP contribution is -2.44. The number of aliphatic carboxylic acids is 1. The third kappa shape index (κ3) is 10.3. The highest BCUT2D eigenvalue weighted by Crippen LogP contribution is 2.25. The van der Waals surface area contributed by atoms with Gasteiger partial charge in [-0.3, -0.25) is 9.59 Å². The van der Waals surface area contributed by atoms with E-state index in [-0.39, 0.29) is 41.7 Å². The molecule has 4 N–H and O–H groups in total. The van der Waals surface area contributed by atoms with Crippen LogP contribution in [-0.4, -0.2) is 29.6 Å². The number of amides is 1. The van der Waals surface area contributed by atoms with Crippen LogP contribution in [0.25, 0.3) is 0 Å². The largest absolute Gasteiger partial charge is 0.481 e. The van der Waals surface area contributed by atoms with Crippen molar-refractivity contribution < 1.29 is 14.7 Å². The Kier molecular flexibility index (Phi) is 7.37. The maximum Gasteiger partial charge on any atom is 0.305 e. The smallest absolute Gasteiger partial charge is 0.305 e. The fourth-order valence-corrected chi connectivity index (χ4v) is 2.47. The lowest BCUT2D eigenvalue weighted by atomic mass is 9.83. The minimum absolute atomic E-state index is 0.00764. The molecule has 0 saturated carbocycles. The number of rotatable bonds is 7. The summed E-state index contributed by atoms with van der Waals surface area (Å²) in [6.45, 7) is 12.6. The van der Waals surface area contributed by atoms with Crippen LogP contribution < -0.4 is 11.1 Å². The number of carbonyl (C=O) groups excluding carboxylic acids is 1. The molecule has 0 aliphatic heterocycles. The SMILES string of the molecule is CC(C)(C)CC(CC(=O)O)NC(=O)C(CN)CC(C)(C)C. The molecule has 0 saturated heterocycles. The first kappa shape index (κ1) is 19.9. The monoisotopic (exact) mass is 300 g/mol. The molecule has 5 heteroatoms. The summed E-state index contributed by atoms with van der Waals surface area (Å²) in [7, 11) is 0. The minimum Gasteiger partial charge on any atom is -0.481 e. The maximum absolute atomic E-state index is 12.3. The molecule has 0 aromatic carbocycles. The van der Waals surface area contributed by atoms with Gasteiger partial charge in [0.1, 0.15) is 0 Å². The van der Waals surface area contributed by atoms with Gasteiger partial charge in [0, 0.05) is 12.6 Å². The quantitative estimate of drug-likeness (QED) is 0.673. The van der Waals surface area contributed by atoms with Gasteiger partial charge in [0.05, 0.1) is 12.3 Å². The minimum atomic E-state index is -0.898. The number of carboxylic acids is 1. The van der Waals surface area contributed by atoms with E-state index < -0.39 is 5.97 Å². The first-order valence-electron chi connectivity index (χ1n) is 7.56. The molecule has 0 aromatic heterocycles. The Labute approximate surface area is 128 Å². The Hall–Kier alpha value is -1.10. The van der Waals surface area contributed by atoms with Crippen molar-refractivity contribution in [3.63, 3.8) is 0 Å². The average molecular weight is 300 g/mol. The van der Waals surface area contributed by atoms with Gasteiger partial charge in [-0.2, -0.15) is 0 Å². The highest BCUT2D eigenvalue weighted by molar-refractivity contribution is 5.80. The normalized spacial score (nSPS) is 15.4. The molecule has 0 bridgehead atoms. The first-order chi connectivity index (χ1) is 9.34. The van der Waals surface area contributed by atoms with Crippen molar-refractivity contribution in [2.75, 3.05) is 6.54 Å². The fourth-order valence-electron chi connectivity index (χ4n) is 2.47. The Morgan fingerprint density at radius 1 is 1.05 bits per heavy atom. The Morgan fingerprint density at radius 2 is 1.52 bits per heavy atom.